The highest BCUT2D eigenvalue weighted by Crippen LogP contribution is 2.26. The second kappa shape index (κ2) is 7.37. The highest BCUT2D eigenvalue weighted by Gasteiger charge is 2.08. The molecule has 0 fully saturated rings. The number of methoxy groups -OCH3 is 1. The van der Waals surface area contributed by atoms with Gasteiger partial charge >= 0.3 is 0 Å². The van der Waals surface area contributed by atoms with E-state index in [4.69, 9.17) is 9.15 Å². The lowest BCUT2D eigenvalue weighted by Gasteiger charge is -2.01. The Morgan fingerprint density at radius 3 is 2.95 bits per heavy atom. The Labute approximate surface area is 117 Å². The average Bonchev–Trinajstić information content (AvgIpc) is 3.02. The van der Waals surface area contributed by atoms with Gasteiger partial charge in [-0.15, -0.1) is 11.3 Å². The molecular formula is C13H19N3O2S. The fourth-order valence-corrected chi connectivity index (χ4v) is 2.40. The molecule has 1 N–H and O–H groups in total. The van der Waals surface area contributed by atoms with Crippen LogP contribution in [0.25, 0.3) is 10.6 Å². The molecule has 2 aromatic rings. The number of rotatable bonds is 8. The Balaban J connectivity index is 1.75. The van der Waals surface area contributed by atoms with E-state index in [2.05, 4.69) is 15.3 Å². The van der Waals surface area contributed by atoms with Crippen molar-refractivity contribution in [2.75, 3.05) is 26.8 Å². The third-order valence-electron chi connectivity index (χ3n) is 2.64. The zero-order valence-corrected chi connectivity index (χ0v) is 12.1. The molecule has 2 rings (SSSR count). The van der Waals surface area contributed by atoms with Crippen LogP contribution in [0.2, 0.25) is 0 Å². The molecule has 6 heteroatoms. The first-order chi connectivity index (χ1) is 9.29. The van der Waals surface area contributed by atoms with Gasteiger partial charge in [0.25, 0.3) is 0 Å². The third-order valence-corrected chi connectivity index (χ3v) is 3.57. The summed E-state index contributed by atoms with van der Waals surface area (Å²) < 4.78 is 10.7. The first-order valence-electron chi connectivity index (χ1n) is 6.37. The van der Waals surface area contributed by atoms with Crippen molar-refractivity contribution in [2.45, 2.75) is 19.8 Å². The maximum absolute atomic E-state index is 5.72. The maximum Gasteiger partial charge on any atom is 0.194 e. The van der Waals surface area contributed by atoms with E-state index in [1.165, 1.54) is 0 Å². The van der Waals surface area contributed by atoms with E-state index in [-0.39, 0.29) is 0 Å². The summed E-state index contributed by atoms with van der Waals surface area (Å²) in [7, 11) is 1.71. The smallest absolute Gasteiger partial charge is 0.194 e. The molecule has 0 saturated carbocycles. The minimum absolute atomic E-state index is 0.744. The summed E-state index contributed by atoms with van der Waals surface area (Å²) in [6, 6.07) is 0. The van der Waals surface area contributed by atoms with Gasteiger partial charge in [0.05, 0.1) is 22.7 Å². The van der Waals surface area contributed by atoms with Crippen LogP contribution in [0.4, 0.5) is 0 Å². The number of hydrogen-bond acceptors (Lipinski definition) is 6. The molecule has 0 aliphatic heterocycles. The Hall–Kier alpha value is -1.24. The van der Waals surface area contributed by atoms with Crippen LogP contribution in [-0.4, -0.2) is 36.8 Å². The molecule has 0 amide bonds. The van der Waals surface area contributed by atoms with Gasteiger partial charge in [-0.25, -0.2) is 9.97 Å². The molecule has 0 aliphatic rings. The summed E-state index contributed by atoms with van der Waals surface area (Å²) in [6.45, 7) is 4.55. The van der Waals surface area contributed by atoms with Gasteiger partial charge in [0.15, 0.2) is 11.7 Å². The van der Waals surface area contributed by atoms with Crippen LogP contribution >= 0.6 is 11.3 Å². The standard InChI is InChI=1S/C13H19N3O2S/c1-10-15-9-12(19-10)11-8-16-13(18-11)4-3-5-14-6-7-17-2/h8-9,14H,3-7H2,1-2H3. The number of ether oxygens (including phenoxy) is 1. The van der Waals surface area contributed by atoms with Crippen LogP contribution in [-0.2, 0) is 11.2 Å². The second-order valence-corrected chi connectivity index (χ2v) is 5.44. The van der Waals surface area contributed by atoms with Crippen molar-refractivity contribution in [3.63, 3.8) is 0 Å². The number of aryl methyl sites for hydroxylation is 2. The normalized spacial score (nSPS) is 11.1. The molecule has 0 atom stereocenters. The highest BCUT2D eigenvalue weighted by molar-refractivity contribution is 7.14. The van der Waals surface area contributed by atoms with Crippen molar-refractivity contribution in [3.8, 4) is 10.6 Å². The monoisotopic (exact) mass is 281 g/mol. The minimum atomic E-state index is 0.744. The maximum atomic E-state index is 5.72. The highest BCUT2D eigenvalue weighted by atomic mass is 32.1. The summed E-state index contributed by atoms with van der Waals surface area (Å²) in [5.41, 5.74) is 0. The topological polar surface area (TPSA) is 60.2 Å². The molecule has 0 radical (unpaired) electrons. The number of nitrogens with zero attached hydrogens (tertiary/aromatic N) is 2. The van der Waals surface area contributed by atoms with Gasteiger partial charge in [-0.2, -0.15) is 0 Å². The Bertz CT molecular complexity index is 496. The largest absolute Gasteiger partial charge is 0.440 e. The van der Waals surface area contributed by atoms with Crippen molar-refractivity contribution in [1.82, 2.24) is 15.3 Å². The SMILES string of the molecule is COCCNCCCc1ncc(-c2cnc(C)s2)o1. The predicted octanol–water partition coefficient (Wildman–Crippen LogP) is 2.28. The first kappa shape index (κ1) is 14.2. The van der Waals surface area contributed by atoms with Crippen LogP contribution < -0.4 is 5.32 Å². The molecule has 2 aromatic heterocycles. The van der Waals surface area contributed by atoms with Gasteiger partial charge in [-0.1, -0.05) is 0 Å². The molecule has 104 valence electrons. The predicted molar refractivity (Wildman–Crippen MR) is 75.4 cm³/mol. The van der Waals surface area contributed by atoms with Gasteiger partial charge in [0.1, 0.15) is 0 Å². The molecule has 0 spiro atoms. The number of oxazole rings is 1. The molecule has 0 aliphatic carbocycles. The molecule has 0 saturated heterocycles. The Morgan fingerprint density at radius 1 is 1.32 bits per heavy atom. The van der Waals surface area contributed by atoms with E-state index >= 15 is 0 Å². The lowest BCUT2D eigenvalue weighted by molar-refractivity contribution is 0.199. The summed E-state index contributed by atoms with van der Waals surface area (Å²) in [4.78, 5) is 9.55. The van der Waals surface area contributed by atoms with E-state index in [9.17, 15) is 0 Å². The van der Waals surface area contributed by atoms with Crippen LogP contribution in [0.3, 0.4) is 0 Å². The number of hydrogen-bond donors (Lipinski definition) is 1. The summed E-state index contributed by atoms with van der Waals surface area (Å²) in [6.07, 6.45) is 5.46. The second-order valence-electron chi connectivity index (χ2n) is 4.21. The minimum Gasteiger partial charge on any atom is -0.440 e. The molecule has 19 heavy (non-hydrogen) atoms. The molecule has 0 unspecified atom stereocenters. The lowest BCUT2D eigenvalue weighted by atomic mass is 10.3. The van der Waals surface area contributed by atoms with Gasteiger partial charge in [0.2, 0.25) is 0 Å². The van der Waals surface area contributed by atoms with Crippen molar-refractivity contribution in [2.24, 2.45) is 0 Å². The molecule has 2 heterocycles. The molecule has 5 nitrogen and oxygen atoms in total. The Morgan fingerprint density at radius 2 is 2.21 bits per heavy atom. The molecular weight excluding hydrogens is 262 g/mol. The zero-order chi connectivity index (χ0) is 13.5. The van der Waals surface area contributed by atoms with E-state index < -0.39 is 0 Å². The van der Waals surface area contributed by atoms with Gasteiger partial charge in [-0.3, -0.25) is 0 Å². The van der Waals surface area contributed by atoms with E-state index in [0.717, 1.165) is 54.1 Å². The average molecular weight is 281 g/mol. The fourth-order valence-electron chi connectivity index (χ4n) is 1.68. The van der Waals surface area contributed by atoms with Gasteiger partial charge in [0, 0.05) is 26.3 Å². The van der Waals surface area contributed by atoms with E-state index in [1.54, 1.807) is 24.6 Å². The van der Waals surface area contributed by atoms with Crippen LogP contribution in [0.1, 0.15) is 17.3 Å². The number of nitrogens with one attached hydrogen (secondary N) is 1. The van der Waals surface area contributed by atoms with Crippen molar-refractivity contribution < 1.29 is 9.15 Å². The van der Waals surface area contributed by atoms with Crippen molar-refractivity contribution >= 4 is 11.3 Å². The lowest BCUT2D eigenvalue weighted by Crippen LogP contribution is -2.20. The summed E-state index contributed by atoms with van der Waals surface area (Å²) in [5, 5.41) is 4.33. The molecule has 0 aromatic carbocycles. The van der Waals surface area contributed by atoms with E-state index in [0.29, 0.717) is 0 Å². The van der Waals surface area contributed by atoms with Crippen LogP contribution in [0, 0.1) is 6.92 Å². The van der Waals surface area contributed by atoms with Crippen molar-refractivity contribution in [3.05, 3.63) is 23.3 Å². The quantitative estimate of drug-likeness (QED) is 0.752. The van der Waals surface area contributed by atoms with Gasteiger partial charge in [-0.05, 0) is 19.9 Å². The fraction of sp³-hybridized carbons (Fsp3) is 0.538. The third kappa shape index (κ3) is 4.41. The number of aromatic nitrogens is 2. The van der Waals surface area contributed by atoms with E-state index in [1.807, 2.05) is 13.1 Å². The van der Waals surface area contributed by atoms with Crippen molar-refractivity contribution in [1.29, 1.82) is 0 Å². The molecule has 0 bridgehead atoms. The number of thiazole rings is 1. The summed E-state index contributed by atoms with van der Waals surface area (Å²) >= 11 is 1.62. The van der Waals surface area contributed by atoms with Crippen LogP contribution in [0.5, 0.6) is 0 Å². The summed E-state index contributed by atoms with van der Waals surface area (Å²) in [5.74, 6) is 1.60. The van der Waals surface area contributed by atoms with Crippen LogP contribution in [0.15, 0.2) is 16.8 Å². The first-order valence-corrected chi connectivity index (χ1v) is 7.18. The zero-order valence-electron chi connectivity index (χ0n) is 11.3. The Kier molecular flexibility index (Phi) is 5.50. The van der Waals surface area contributed by atoms with Gasteiger partial charge < -0.3 is 14.5 Å².